The summed E-state index contributed by atoms with van der Waals surface area (Å²) in [4.78, 5) is 37.3. The van der Waals surface area contributed by atoms with Crippen LogP contribution in [0.2, 0.25) is 0 Å². The minimum absolute atomic E-state index is 0.209. The first kappa shape index (κ1) is 18.5. The second-order valence-corrected chi connectivity index (χ2v) is 8.73. The molecule has 3 amide bonds. The van der Waals surface area contributed by atoms with Gasteiger partial charge in [-0.1, -0.05) is 0 Å². The lowest BCUT2D eigenvalue weighted by atomic mass is 9.98. The summed E-state index contributed by atoms with van der Waals surface area (Å²) in [6.45, 7) is 1.36. The van der Waals surface area contributed by atoms with Gasteiger partial charge < -0.3 is 5.32 Å². The Morgan fingerprint density at radius 2 is 1.77 bits per heavy atom. The summed E-state index contributed by atoms with van der Waals surface area (Å²) in [5.41, 5.74) is 0.877. The molecule has 1 aromatic rings. The Kier molecular flexibility index (Phi) is 4.85. The van der Waals surface area contributed by atoms with Gasteiger partial charge in [0, 0.05) is 32.2 Å². The van der Waals surface area contributed by atoms with Gasteiger partial charge in [-0.15, -0.1) is 0 Å². The molecule has 1 fully saturated rings. The van der Waals surface area contributed by atoms with Gasteiger partial charge in [0.15, 0.2) is 0 Å². The number of benzene rings is 1. The van der Waals surface area contributed by atoms with Gasteiger partial charge in [0.2, 0.25) is 10.0 Å². The zero-order chi connectivity index (χ0) is 19.1. The summed E-state index contributed by atoms with van der Waals surface area (Å²) < 4.78 is 24.5. The number of nitrogens with zero attached hydrogens (tertiary/aromatic N) is 2. The van der Waals surface area contributed by atoms with Gasteiger partial charge in [-0.2, -0.15) is 0 Å². The van der Waals surface area contributed by atoms with Crippen molar-refractivity contribution in [3.8, 4) is 0 Å². The normalized spacial score (nSPS) is 18.9. The van der Waals surface area contributed by atoms with E-state index in [9.17, 15) is 22.8 Å². The van der Waals surface area contributed by atoms with Crippen LogP contribution in [0, 0.1) is 5.92 Å². The molecule has 9 heteroatoms. The van der Waals surface area contributed by atoms with Gasteiger partial charge in [0.05, 0.1) is 17.4 Å². The molecular formula is C17H21N3O5S. The highest BCUT2D eigenvalue weighted by atomic mass is 32.2. The summed E-state index contributed by atoms with van der Waals surface area (Å²) in [6.07, 6.45) is 2.58. The highest BCUT2D eigenvalue weighted by molar-refractivity contribution is 7.88. The van der Waals surface area contributed by atoms with Crippen molar-refractivity contribution in [3.63, 3.8) is 0 Å². The maximum atomic E-state index is 12.4. The highest BCUT2D eigenvalue weighted by Gasteiger charge is 2.33. The van der Waals surface area contributed by atoms with E-state index in [-0.39, 0.29) is 23.3 Å². The monoisotopic (exact) mass is 379 g/mol. The van der Waals surface area contributed by atoms with Crippen LogP contribution in [0.25, 0.3) is 0 Å². The molecule has 2 heterocycles. The van der Waals surface area contributed by atoms with E-state index >= 15 is 0 Å². The second kappa shape index (κ2) is 6.81. The molecule has 2 aliphatic rings. The quantitative estimate of drug-likeness (QED) is 0.759. The van der Waals surface area contributed by atoms with Gasteiger partial charge in [-0.05, 0) is 37.0 Å². The maximum absolute atomic E-state index is 12.4. The van der Waals surface area contributed by atoms with E-state index in [1.807, 2.05) is 0 Å². The average Bonchev–Trinajstić information content (AvgIpc) is 2.83. The molecule has 0 aromatic heterocycles. The number of carbonyl (C=O) groups is 3. The first-order valence-corrected chi connectivity index (χ1v) is 10.2. The number of amides is 3. The van der Waals surface area contributed by atoms with Crippen LogP contribution in [-0.4, -0.2) is 68.3 Å². The predicted octanol–water partition coefficient (Wildman–Crippen LogP) is 0.314. The number of rotatable bonds is 4. The fourth-order valence-corrected chi connectivity index (χ4v) is 4.16. The third-order valence-electron chi connectivity index (χ3n) is 4.95. The number of sulfonamides is 1. The molecule has 8 nitrogen and oxygen atoms in total. The van der Waals surface area contributed by atoms with E-state index in [1.165, 1.54) is 35.8 Å². The molecule has 1 aromatic carbocycles. The smallest absolute Gasteiger partial charge is 0.261 e. The summed E-state index contributed by atoms with van der Waals surface area (Å²) in [7, 11) is -1.75. The fourth-order valence-electron chi connectivity index (χ4n) is 3.29. The summed E-state index contributed by atoms with van der Waals surface area (Å²) in [5.74, 6) is -0.878. The number of imide groups is 1. The van der Waals surface area contributed by atoms with Crippen LogP contribution < -0.4 is 5.32 Å². The van der Waals surface area contributed by atoms with Crippen molar-refractivity contribution in [1.29, 1.82) is 0 Å². The summed E-state index contributed by atoms with van der Waals surface area (Å²) in [5, 5.41) is 2.83. The largest absolute Gasteiger partial charge is 0.352 e. The van der Waals surface area contributed by atoms with Crippen molar-refractivity contribution in [2.24, 2.45) is 5.92 Å². The molecule has 0 spiro atoms. The molecule has 0 radical (unpaired) electrons. The topological polar surface area (TPSA) is 104 Å². The van der Waals surface area contributed by atoms with E-state index in [1.54, 1.807) is 0 Å². The lowest BCUT2D eigenvalue weighted by Crippen LogP contribution is -2.41. The Morgan fingerprint density at radius 1 is 1.15 bits per heavy atom. The second-order valence-electron chi connectivity index (χ2n) is 6.75. The zero-order valence-corrected chi connectivity index (χ0v) is 15.5. The van der Waals surface area contributed by atoms with Gasteiger partial charge in [0.25, 0.3) is 17.7 Å². The van der Waals surface area contributed by atoms with Gasteiger partial charge in [0.1, 0.15) is 0 Å². The van der Waals surface area contributed by atoms with Crippen molar-refractivity contribution in [1.82, 2.24) is 14.5 Å². The molecule has 0 unspecified atom stereocenters. The molecule has 140 valence electrons. The highest BCUT2D eigenvalue weighted by Crippen LogP contribution is 2.23. The molecule has 1 N–H and O–H groups in total. The molecule has 0 atom stereocenters. The molecular weight excluding hydrogens is 358 g/mol. The van der Waals surface area contributed by atoms with Crippen molar-refractivity contribution in [2.45, 2.75) is 12.8 Å². The van der Waals surface area contributed by atoms with Crippen LogP contribution in [0.5, 0.6) is 0 Å². The Labute approximate surface area is 152 Å². The Bertz CT molecular complexity index is 872. The van der Waals surface area contributed by atoms with Gasteiger partial charge in [-0.25, -0.2) is 12.7 Å². The molecule has 2 aliphatic heterocycles. The van der Waals surface area contributed by atoms with Crippen molar-refractivity contribution in [2.75, 3.05) is 32.9 Å². The Hall–Kier alpha value is -2.26. The SMILES string of the molecule is CN1C(=O)c2ccc(C(=O)NCC3CCN(S(C)(=O)=O)CC3)cc2C1=O. The third-order valence-corrected chi connectivity index (χ3v) is 6.25. The number of piperidine rings is 1. The predicted molar refractivity (Wildman–Crippen MR) is 94.3 cm³/mol. The summed E-state index contributed by atoms with van der Waals surface area (Å²) in [6, 6.07) is 4.48. The molecule has 3 rings (SSSR count). The van der Waals surface area contributed by atoms with Crippen molar-refractivity contribution in [3.05, 3.63) is 34.9 Å². The molecule has 0 saturated carbocycles. The van der Waals surface area contributed by atoms with Crippen molar-refractivity contribution >= 4 is 27.7 Å². The lowest BCUT2D eigenvalue weighted by molar-refractivity contribution is 0.0693. The first-order valence-electron chi connectivity index (χ1n) is 8.38. The van der Waals surface area contributed by atoms with E-state index in [0.717, 1.165) is 4.90 Å². The number of hydrogen-bond acceptors (Lipinski definition) is 5. The number of nitrogens with one attached hydrogen (secondary N) is 1. The van der Waals surface area contributed by atoms with E-state index in [4.69, 9.17) is 0 Å². The van der Waals surface area contributed by atoms with Crippen LogP contribution in [0.1, 0.15) is 43.9 Å². The maximum Gasteiger partial charge on any atom is 0.261 e. The fraction of sp³-hybridized carbons (Fsp3) is 0.471. The van der Waals surface area contributed by atoms with Gasteiger partial charge in [-0.3, -0.25) is 19.3 Å². The van der Waals surface area contributed by atoms with Crippen LogP contribution in [0.4, 0.5) is 0 Å². The number of hydrogen-bond donors (Lipinski definition) is 1. The summed E-state index contributed by atoms with van der Waals surface area (Å²) >= 11 is 0. The standard InChI is InChI=1S/C17H21N3O5S/c1-19-16(22)13-4-3-12(9-14(13)17(19)23)15(21)18-10-11-5-7-20(8-6-11)26(2,24)25/h3-4,9,11H,5-8,10H2,1-2H3,(H,18,21). The average molecular weight is 379 g/mol. The lowest BCUT2D eigenvalue weighted by Gasteiger charge is -2.30. The molecule has 26 heavy (non-hydrogen) atoms. The Balaban J connectivity index is 1.59. The van der Waals surface area contributed by atoms with E-state index < -0.39 is 15.9 Å². The van der Waals surface area contributed by atoms with E-state index in [0.29, 0.717) is 43.6 Å². The minimum Gasteiger partial charge on any atom is -0.352 e. The number of fused-ring (bicyclic) bond motifs is 1. The molecule has 0 bridgehead atoms. The van der Waals surface area contributed by atoms with Crippen LogP contribution in [-0.2, 0) is 10.0 Å². The minimum atomic E-state index is -3.16. The number of carbonyl (C=O) groups excluding carboxylic acids is 3. The van der Waals surface area contributed by atoms with Crippen molar-refractivity contribution < 1.29 is 22.8 Å². The zero-order valence-electron chi connectivity index (χ0n) is 14.7. The van der Waals surface area contributed by atoms with E-state index in [2.05, 4.69) is 5.32 Å². The first-order chi connectivity index (χ1) is 12.2. The van der Waals surface area contributed by atoms with Crippen LogP contribution >= 0.6 is 0 Å². The molecule has 1 saturated heterocycles. The van der Waals surface area contributed by atoms with Crippen LogP contribution in [0.15, 0.2) is 18.2 Å². The Morgan fingerprint density at radius 3 is 2.38 bits per heavy atom. The van der Waals surface area contributed by atoms with Crippen LogP contribution in [0.3, 0.4) is 0 Å². The molecule has 0 aliphatic carbocycles. The van der Waals surface area contributed by atoms with Gasteiger partial charge >= 0.3 is 0 Å². The third kappa shape index (κ3) is 3.49.